The molecule has 1 aromatic carbocycles. The molecule has 0 saturated carbocycles. The zero-order chi connectivity index (χ0) is 24.3. The maximum Gasteiger partial charge on any atom is 0.419 e. The second-order valence-corrected chi connectivity index (χ2v) is 9.61. The van der Waals surface area contributed by atoms with Gasteiger partial charge >= 0.3 is 6.18 Å². The van der Waals surface area contributed by atoms with Crippen LogP contribution in [0.5, 0.6) is 5.75 Å². The van der Waals surface area contributed by atoms with Gasteiger partial charge in [-0.15, -0.1) is 0 Å². The number of phenolic OH excluding ortho intramolecular Hbond substituents is 1. The largest absolute Gasteiger partial charge is 0.503 e. The standard InChI is InChI=1S/C19H18F5N5O3S/c1-10-11-7-15(27-3-5-28(6-4-27)33(2,31)32)25-9-14(11)29(26-10)13-8-12(19(22,23)24)16(20)18(30)17(13)21/h7-9,30H,3-6H2,1-2H3. The molecule has 33 heavy (non-hydrogen) atoms. The molecule has 0 unspecified atom stereocenters. The smallest absolute Gasteiger partial charge is 0.419 e. The zero-order valence-electron chi connectivity index (χ0n) is 17.4. The number of hydrogen-bond donors (Lipinski definition) is 1. The topological polar surface area (TPSA) is 91.6 Å². The molecule has 14 heteroatoms. The first kappa shape index (κ1) is 23.2. The molecule has 0 aliphatic carbocycles. The van der Waals surface area contributed by atoms with E-state index in [0.29, 0.717) is 30.0 Å². The minimum atomic E-state index is -5.17. The average molecular weight is 491 g/mol. The molecule has 1 aliphatic rings. The molecule has 3 aromatic rings. The molecule has 1 aliphatic heterocycles. The second-order valence-electron chi connectivity index (χ2n) is 7.62. The van der Waals surface area contributed by atoms with Gasteiger partial charge in [0.05, 0.1) is 29.2 Å². The van der Waals surface area contributed by atoms with Crippen LogP contribution in [-0.4, -0.2) is 65.0 Å². The molecule has 0 atom stereocenters. The number of pyridine rings is 1. The van der Waals surface area contributed by atoms with Gasteiger partial charge in [0.2, 0.25) is 10.0 Å². The summed E-state index contributed by atoms with van der Waals surface area (Å²) < 4.78 is 93.4. The van der Waals surface area contributed by atoms with Crippen molar-refractivity contribution in [1.29, 1.82) is 0 Å². The summed E-state index contributed by atoms with van der Waals surface area (Å²) in [6, 6.07) is 1.85. The number of aryl methyl sites for hydroxylation is 1. The van der Waals surface area contributed by atoms with Crippen molar-refractivity contribution in [2.45, 2.75) is 13.1 Å². The average Bonchev–Trinajstić information content (AvgIpc) is 3.06. The van der Waals surface area contributed by atoms with E-state index in [2.05, 4.69) is 10.1 Å². The number of phenols is 1. The van der Waals surface area contributed by atoms with Crippen LogP contribution >= 0.6 is 0 Å². The van der Waals surface area contributed by atoms with Gasteiger partial charge in [0.15, 0.2) is 17.4 Å². The quantitative estimate of drug-likeness (QED) is 0.567. The highest BCUT2D eigenvalue weighted by atomic mass is 32.2. The van der Waals surface area contributed by atoms with Crippen LogP contribution in [0.15, 0.2) is 18.3 Å². The summed E-state index contributed by atoms with van der Waals surface area (Å²) in [4.78, 5) is 6.11. The van der Waals surface area contributed by atoms with Crippen molar-refractivity contribution in [3.8, 4) is 11.4 Å². The van der Waals surface area contributed by atoms with Crippen LogP contribution in [0.25, 0.3) is 16.6 Å². The summed E-state index contributed by atoms with van der Waals surface area (Å²) in [5, 5.41) is 14.1. The number of aromatic nitrogens is 3. The molecular formula is C19H18F5N5O3S. The summed E-state index contributed by atoms with van der Waals surface area (Å²) >= 11 is 0. The Morgan fingerprint density at radius 3 is 2.27 bits per heavy atom. The third-order valence-electron chi connectivity index (χ3n) is 5.46. The SMILES string of the molecule is Cc1nn(-c2cc(C(F)(F)F)c(F)c(O)c2F)c2cnc(N3CCN(S(C)(=O)=O)CC3)cc12. The van der Waals surface area contributed by atoms with Crippen molar-refractivity contribution in [1.82, 2.24) is 19.1 Å². The van der Waals surface area contributed by atoms with Gasteiger partial charge in [-0.3, -0.25) is 0 Å². The maximum atomic E-state index is 14.6. The van der Waals surface area contributed by atoms with E-state index in [1.54, 1.807) is 13.0 Å². The lowest BCUT2D eigenvalue weighted by atomic mass is 10.1. The van der Waals surface area contributed by atoms with Crippen molar-refractivity contribution in [3.05, 3.63) is 41.2 Å². The fraction of sp³-hybridized carbons (Fsp3) is 0.368. The maximum absolute atomic E-state index is 14.6. The number of fused-ring (bicyclic) bond motifs is 1. The van der Waals surface area contributed by atoms with Crippen LogP contribution in [0.1, 0.15) is 11.3 Å². The van der Waals surface area contributed by atoms with Crippen molar-refractivity contribution < 1.29 is 35.5 Å². The molecule has 1 saturated heterocycles. The van der Waals surface area contributed by atoms with Gasteiger partial charge in [-0.1, -0.05) is 0 Å². The van der Waals surface area contributed by atoms with Crippen LogP contribution in [0.3, 0.4) is 0 Å². The van der Waals surface area contributed by atoms with Gasteiger partial charge in [0, 0.05) is 31.6 Å². The Morgan fingerprint density at radius 2 is 1.70 bits per heavy atom. The Kier molecular flexibility index (Phi) is 5.47. The van der Waals surface area contributed by atoms with Crippen LogP contribution in [0.2, 0.25) is 0 Å². The second kappa shape index (κ2) is 7.80. The van der Waals surface area contributed by atoms with Crippen LogP contribution < -0.4 is 4.90 Å². The zero-order valence-corrected chi connectivity index (χ0v) is 18.2. The third-order valence-corrected chi connectivity index (χ3v) is 6.76. The van der Waals surface area contributed by atoms with E-state index in [4.69, 9.17) is 0 Å². The lowest BCUT2D eigenvalue weighted by Gasteiger charge is -2.34. The molecule has 0 bridgehead atoms. The Labute approximate surface area is 184 Å². The van der Waals surface area contributed by atoms with Crippen molar-refractivity contribution in [3.63, 3.8) is 0 Å². The van der Waals surface area contributed by atoms with E-state index in [1.165, 1.54) is 10.5 Å². The van der Waals surface area contributed by atoms with Crippen molar-refractivity contribution in [2.75, 3.05) is 37.3 Å². The molecule has 8 nitrogen and oxygen atoms in total. The molecule has 178 valence electrons. The van der Waals surface area contributed by atoms with Crippen molar-refractivity contribution in [2.24, 2.45) is 0 Å². The number of nitrogens with zero attached hydrogens (tertiary/aromatic N) is 5. The van der Waals surface area contributed by atoms with Gasteiger partial charge in [0.25, 0.3) is 0 Å². The molecular weight excluding hydrogens is 473 g/mol. The van der Waals surface area contributed by atoms with Crippen molar-refractivity contribution >= 4 is 26.7 Å². The molecule has 0 radical (unpaired) electrons. The van der Waals surface area contributed by atoms with Crippen LogP contribution in [-0.2, 0) is 16.2 Å². The predicted octanol–water partition coefficient (Wildman–Crippen LogP) is 2.81. The Hall–Kier alpha value is -3.00. The lowest BCUT2D eigenvalue weighted by molar-refractivity contribution is -0.140. The molecule has 3 heterocycles. The Balaban J connectivity index is 1.75. The number of sulfonamides is 1. The Morgan fingerprint density at radius 1 is 1.06 bits per heavy atom. The van der Waals surface area contributed by atoms with E-state index in [-0.39, 0.29) is 24.7 Å². The highest BCUT2D eigenvalue weighted by Crippen LogP contribution is 2.39. The number of rotatable bonds is 3. The molecule has 1 N–H and O–H groups in total. The highest BCUT2D eigenvalue weighted by molar-refractivity contribution is 7.88. The van der Waals surface area contributed by atoms with Crippen LogP contribution in [0, 0.1) is 18.6 Å². The lowest BCUT2D eigenvalue weighted by Crippen LogP contribution is -2.48. The third kappa shape index (κ3) is 4.08. The molecule has 0 spiro atoms. The summed E-state index contributed by atoms with van der Waals surface area (Å²) in [5.74, 6) is -4.97. The van der Waals surface area contributed by atoms with E-state index < -0.39 is 44.8 Å². The van der Waals surface area contributed by atoms with Gasteiger partial charge in [-0.2, -0.15) is 22.6 Å². The minimum Gasteiger partial charge on any atom is -0.503 e. The number of alkyl halides is 3. The first-order valence-corrected chi connectivity index (χ1v) is 11.5. The summed E-state index contributed by atoms with van der Waals surface area (Å²) in [6.45, 7) is 2.81. The van der Waals surface area contributed by atoms with Crippen LogP contribution in [0.4, 0.5) is 27.8 Å². The Bertz CT molecular complexity index is 1350. The van der Waals surface area contributed by atoms with Gasteiger partial charge in [-0.05, 0) is 19.1 Å². The van der Waals surface area contributed by atoms with Gasteiger partial charge in [-0.25, -0.2) is 26.9 Å². The van der Waals surface area contributed by atoms with Gasteiger partial charge < -0.3 is 10.0 Å². The number of halogens is 5. The highest BCUT2D eigenvalue weighted by Gasteiger charge is 2.38. The summed E-state index contributed by atoms with van der Waals surface area (Å²) in [5.41, 5.74) is -2.13. The molecule has 4 rings (SSSR count). The van der Waals surface area contributed by atoms with E-state index in [1.807, 2.05) is 4.90 Å². The first-order chi connectivity index (χ1) is 15.3. The van der Waals surface area contributed by atoms with E-state index in [9.17, 15) is 35.5 Å². The summed E-state index contributed by atoms with van der Waals surface area (Å²) in [6.07, 6.45) is -2.76. The van der Waals surface area contributed by atoms with E-state index >= 15 is 0 Å². The minimum absolute atomic E-state index is 0.143. The number of anilines is 1. The number of aromatic hydroxyl groups is 1. The normalized spacial score (nSPS) is 16.0. The summed E-state index contributed by atoms with van der Waals surface area (Å²) in [7, 11) is -3.31. The molecule has 1 fully saturated rings. The predicted molar refractivity (Wildman–Crippen MR) is 109 cm³/mol. The first-order valence-electron chi connectivity index (χ1n) is 9.63. The molecule has 2 aromatic heterocycles. The fourth-order valence-corrected chi connectivity index (χ4v) is 4.55. The number of benzene rings is 1. The molecule has 0 amide bonds. The number of piperazine rings is 1. The number of hydrogen-bond acceptors (Lipinski definition) is 6. The monoisotopic (exact) mass is 491 g/mol. The van der Waals surface area contributed by atoms with Gasteiger partial charge in [0.1, 0.15) is 11.5 Å². The fourth-order valence-electron chi connectivity index (χ4n) is 3.73. The van der Waals surface area contributed by atoms with E-state index in [0.717, 1.165) is 10.9 Å².